The van der Waals surface area contributed by atoms with E-state index in [1.807, 2.05) is 0 Å². The number of nitrogens with zero attached hydrogens (tertiary/aromatic N) is 3. The Labute approximate surface area is 96.9 Å². The van der Waals surface area contributed by atoms with Gasteiger partial charge in [-0.3, -0.25) is 4.79 Å². The van der Waals surface area contributed by atoms with Crippen LogP contribution in [0.1, 0.15) is 17.5 Å². The number of benzene rings is 1. The number of para-hydroxylation sites is 1. The van der Waals surface area contributed by atoms with Crippen LogP contribution in [0, 0.1) is 5.82 Å². The van der Waals surface area contributed by atoms with Crippen LogP contribution in [0.25, 0.3) is 5.69 Å². The number of aldehydes is 1. The van der Waals surface area contributed by atoms with Gasteiger partial charge < -0.3 is 4.74 Å². The monoisotopic (exact) mass is 235 g/mol. The van der Waals surface area contributed by atoms with E-state index in [0.29, 0.717) is 12.9 Å². The average Bonchev–Trinajstić information content (AvgIpc) is 2.73. The Hall–Kier alpha value is -2.24. The number of hydrogen-bond donors (Lipinski definition) is 0. The summed E-state index contributed by atoms with van der Waals surface area (Å²) >= 11 is 0. The summed E-state index contributed by atoms with van der Waals surface area (Å²) in [4.78, 5) is 10.8. The van der Waals surface area contributed by atoms with Crippen molar-refractivity contribution in [2.75, 3.05) is 6.61 Å². The lowest BCUT2D eigenvalue weighted by atomic mass is 10.3. The molecule has 0 saturated carbocycles. The van der Waals surface area contributed by atoms with Crippen LogP contribution in [0.15, 0.2) is 24.3 Å². The molecule has 0 N–H and O–H groups in total. The molecule has 0 amide bonds. The fourth-order valence-electron chi connectivity index (χ4n) is 1.44. The summed E-state index contributed by atoms with van der Waals surface area (Å²) in [5, 5.41) is 7.31. The zero-order valence-electron chi connectivity index (χ0n) is 9.13. The summed E-state index contributed by atoms with van der Waals surface area (Å²) < 4.78 is 20.1. The first-order valence-corrected chi connectivity index (χ1v) is 5.06. The van der Waals surface area contributed by atoms with Gasteiger partial charge in [-0.2, -0.15) is 0 Å². The molecule has 6 heteroatoms. The van der Waals surface area contributed by atoms with E-state index in [0.717, 1.165) is 0 Å². The van der Waals surface area contributed by atoms with E-state index in [-0.39, 0.29) is 17.5 Å². The maximum Gasteiger partial charge on any atom is 0.322 e. The van der Waals surface area contributed by atoms with E-state index >= 15 is 0 Å². The predicted molar refractivity (Wildman–Crippen MR) is 57.9 cm³/mol. The number of carbonyl (C=O) groups is 1. The third-order valence-corrected chi connectivity index (χ3v) is 2.13. The Kier molecular flexibility index (Phi) is 3.13. The zero-order valence-corrected chi connectivity index (χ0v) is 9.13. The van der Waals surface area contributed by atoms with Crippen LogP contribution in [-0.4, -0.2) is 27.7 Å². The van der Waals surface area contributed by atoms with Crippen LogP contribution in [0.4, 0.5) is 4.39 Å². The highest BCUT2D eigenvalue weighted by Gasteiger charge is 2.16. The molecule has 0 aliphatic rings. The van der Waals surface area contributed by atoms with Crippen molar-refractivity contribution in [2.24, 2.45) is 0 Å². The number of ether oxygens (including phenoxy) is 1. The van der Waals surface area contributed by atoms with Crippen molar-refractivity contribution in [1.29, 1.82) is 0 Å². The van der Waals surface area contributed by atoms with Gasteiger partial charge in [0, 0.05) is 0 Å². The summed E-state index contributed by atoms with van der Waals surface area (Å²) in [6.45, 7) is 2.12. The molecule has 0 bridgehead atoms. The molecule has 17 heavy (non-hydrogen) atoms. The minimum absolute atomic E-state index is 0.00134. The molecule has 88 valence electrons. The highest BCUT2D eigenvalue weighted by Crippen LogP contribution is 2.20. The first-order valence-electron chi connectivity index (χ1n) is 5.06. The normalized spacial score (nSPS) is 10.2. The molecule has 0 spiro atoms. The molecular weight excluding hydrogens is 225 g/mol. The molecule has 5 nitrogen and oxygen atoms in total. The molecule has 1 heterocycles. The van der Waals surface area contributed by atoms with Gasteiger partial charge >= 0.3 is 6.01 Å². The Morgan fingerprint density at radius 3 is 2.82 bits per heavy atom. The van der Waals surface area contributed by atoms with E-state index in [9.17, 15) is 9.18 Å². The smallest absolute Gasteiger partial charge is 0.322 e. The standard InChI is InChI=1S/C11H10FN3O2/c1-2-17-11-14-13-10(7-16)15(11)9-6-4-3-5-8(9)12/h3-7H,2H2,1H3. The Morgan fingerprint density at radius 2 is 2.18 bits per heavy atom. The van der Waals surface area contributed by atoms with Crippen molar-refractivity contribution in [3.63, 3.8) is 0 Å². The van der Waals surface area contributed by atoms with Crippen LogP contribution in [-0.2, 0) is 0 Å². The van der Waals surface area contributed by atoms with Crippen molar-refractivity contribution in [1.82, 2.24) is 14.8 Å². The van der Waals surface area contributed by atoms with E-state index < -0.39 is 5.82 Å². The van der Waals surface area contributed by atoms with E-state index in [2.05, 4.69) is 10.2 Å². The highest BCUT2D eigenvalue weighted by molar-refractivity contribution is 5.71. The Balaban J connectivity index is 2.60. The van der Waals surface area contributed by atoms with Gasteiger partial charge in [0.2, 0.25) is 5.82 Å². The SMILES string of the molecule is CCOc1nnc(C=O)n1-c1ccccc1F. The van der Waals surface area contributed by atoms with Crippen molar-refractivity contribution in [3.8, 4) is 11.7 Å². The van der Waals surface area contributed by atoms with Crippen molar-refractivity contribution in [2.45, 2.75) is 6.92 Å². The first kappa shape index (κ1) is 11.3. The Morgan fingerprint density at radius 1 is 1.41 bits per heavy atom. The molecule has 0 unspecified atom stereocenters. The molecule has 1 aromatic carbocycles. The molecule has 1 aromatic heterocycles. The fourth-order valence-corrected chi connectivity index (χ4v) is 1.44. The molecule has 0 aliphatic heterocycles. The summed E-state index contributed by atoms with van der Waals surface area (Å²) in [6, 6.07) is 6.13. The summed E-state index contributed by atoms with van der Waals surface area (Å²) in [5.41, 5.74) is 0.183. The van der Waals surface area contributed by atoms with Gasteiger partial charge in [0.05, 0.1) is 12.3 Å². The average molecular weight is 235 g/mol. The second-order valence-electron chi connectivity index (χ2n) is 3.18. The van der Waals surface area contributed by atoms with E-state index in [1.54, 1.807) is 19.1 Å². The topological polar surface area (TPSA) is 57.0 Å². The minimum Gasteiger partial charge on any atom is -0.464 e. The van der Waals surface area contributed by atoms with Crippen molar-refractivity contribution < 1.29 is 13.9 Å². The van der Waals surface area contributed by atoms with Gasteiger partial charge in [-0.05, 0) is 19.1 Å². The molecule has 0 fully saturated rings. The van der Waals surface area contributed by atoms with Gasteiger partial charge in [0.1, 0.15) is 5.82 Å². The van der Waals surface area contributed by atoms with Crippen LogP contribution in [0.3, 0.4) is 0 Å². The van der Waals surface area contributed by atoms with Crippen LogP contribution < -0.4 is 4.74 Å². The Bertz CT molecular complexity index is 539. The van der Waals surface area contributed by atoms with Crippen LogP contribution in [0.5, 0.6) is 6.01 Å². The van der Waals surface area contributed by atoms with Crippen molar-refractivity contribution in [3.05, 3.63) is 35.9 Å². The second kappa shape index (κ2) is 4.73. The zero-order chi connectivity index (χ0) is 12.3. The number of rotatable bonds is 4. The number of halogens is 1. The largest absolute Gasteiger partial charge is 0.464 e. The predicted octanol–water partition coefficient (Wildman–Crippen LogP) is 1.62. The fraction of sp³-hybridized carbons (Fsp3) is 0.182. The lowest BCUT2D eigenvalue weighted by Crippen LogP contribution is -2.06. The lowest BCUT2D eigenvalue weighted by molar-refractivity contribution is 0.111. The summed E-state index contributed by atoms with van der Waals surface area (Å²) in [7, 11) is 0. The minimum atomic E-state index is -0.476. The first-order chi connectivity index (χ1) is 8.27. The van der Waals surface area contributed by atoms with Gasteiger partial charge in [0.15, 0.2) is 6.29 Å². The van der Waals surface area contributed by atoms with E-state index in [4.69, 9.17) is 4.74 Å². The molecule has 2 rings (SSSR count). The maximum atomic E-state index is 13.6. The second-order valence-corrected chi connectivity index (χ2v) is 3.18. The van der Waals surface area contributed by atoms with Crippen LogP contribution >= 0.6 is 0 Å². The molecular formula is C11H10FN3O2. The quantitative estimate of drug-likeness (QED) is 0.755. The number of carbonyl (C=O) groups excluding carboxylic acids is 1. The lowest BCUT2D eigenvalue weighted by Gasteiger charge is -2.08. The molecule has 2 aromatic rings. The van der Waals surface area contributed by atoms with E-state index in [1.165, 1.54) is 16.7 Å². The maximum absolute atomic E-state index is 13.6. The van der Waals surface area contributed by atoms with Gasteiger partial charge in [-0.15, -0.1) is 5.10 Å². The molecule has 0 aliphatic carbocycles. The van der Waals surface area contributed by atoms with Crippen molar-refractivity contribution >= 4 is 6.29 Å². The summed E-state index contributed by atoms with van der Waals surface area (Å²) in [6.07, 6.45) is 0.502. The third-order valence-electron chi connectivity index (χ3n) is 2.13. The highest BCUT2D eigenvalue weighted by atomic mass is 19.1. The molecule has 0 atom stereocenters. The molecule has 0 radical (unpaired) electrons. The molecule has 0 saturated heterocycles. The number of hydrogen-bond acceptors (Lipinski definition) is 4. The van der Waals surface area contributed by atoms with Gasteiger partial charge in [-0.25, -0.2) is 8.96 Å². The van der Waals surface area contributed by atoms with Gasteiger partial charge in [0.25, 0.3) is 0 Å². The number of aromatic nitrogens is 3. The summed E-state index contributed by atoms with van der Waals surface area (Å²) in [5.74, 6) is -0.477. The van der Waals surface area contributed by atoms with Gasteiger partial charge in [-0.1, -0.05) is 17.2 Å². The third kappa shape index (κ3) is 2.01. The van der Waals surface area contributed by atoms with Crippen LogP contribution in [0.2, 0.25) is 0 Å².